The molecule has 0 aliphatic carbocycles. The van der Waals surface area contributed by atoms with Crippen LogP contribution in [-0.2, 0) is 11.3 Å². The summed E-state index contributed by atoms with van der Waals surface area (Å²) in [6.07, 6.45) is 5.90. The minimum absolute atomic E-state index is 0.0259. The van der Waals surface area contributed by atoms with Crippen LogP contribution in [0.3, 0.4) is 0 Å². The van der Waals surface area contributed by atoms with Crippen LogP contribution >= 0.6 is 0 Å². The van der Waals surface area contributed by atoms with Gasteiger partial charge in [0.25, 0.3) is 0 Å². The molecule has 1 amide bonds. The molecule has 94 valence electrons. The Balaban J connectivity index is 1.63. The summed E-state index contributed by atoms with van der Waals surface area (Å²) >= 11 is 0. The highest BCUT2D eigenvalue weighted by Gasteiger charge is 2.21. The van der Waals surface area contributed by atoms with E-state index in [-0.39, 0.29) is 11.9 Å². The predicted octanol–water partition coefficient (Wildman–Crippen LogP) is 0.702. The first kappa shape index (κ1) is 11.2. The third kappa shape index (κ3) is 2.22. The van der Waals surface area contributed by atoms with Gasteiger partial charge in [0.1, 0.15) is 5.65 Å². The lowest BCUT2D eigenvalue weighted by Gasteiger charge is -2.09. The first-order chi connectivity index (χ1) is 8.83. The average Bonchev–Trinajstić information content (AvgIpc) is 3.04. The van der Waals surface area contributed by atoms with Crippen molar-refractivity contribution in [3.8, 4) is 0 Å². The maximum atomic E-state index is 11.8. The van der Waals surface area contributed by atoms with Crippen LogP contribution in [0.1, 0.15) is 18.5 Å². The molecule has 1 atom stereocenters. The van der Waals surface area contributed by atoms with E-state index >= 15 is 0 Å². The first-order valence-corrected chi connectivity index (χ1v) is 6.26. The Labute approximate surface area is 105 Å². The second-order valence-electron chi connectivity index (χ2n) is 4.57. The molecule has 18 heavy (non-hydrogen) atoms. The van der Waals surface area contributed by atoms with Crippen molar-refractivity contribution >= 4 is 11.6 Å². The molecule has 0 aromatic carbocycles. The van der Waals surface area contributed by atoms with E-state index in [0.717, 1.165) is 30.7 Å². The van der Waals surface area contributed by atoms with E-state index in [1.54, 1.807) is 0 Å². The minimum atomic E-state index is -0.0259. The summed E-state index contributed by atoms with van der Waals surface area (Å²) in [6.45, 7) is 1.42. The lowest BCUT2D eigenvalue weighted by Crippen LogP contribution is -2.40. The molecule has 1 saturated heterocycles. The molecule has 3 heterocycles. The molecular weight excluding hydrogens is 228 g/mol. The molecule has 0 spiro atoms. The number of amides is 1. The number of nitrogens with one attached hydrogen (secondary N) is 2. The van der Waals surface area contributed by atoms with E-state index in [1.807, 2.05) is 35.0 Å². The number of hydrogen-bond donors (Lipinski definition) is 2. The summed E-state index contributed by atoms with van der Waals surface area (Å²) in [5, 5.41) is 6.11. The third-order valence-electron chi connectivity index (χ3n) is 3.23. The van der Waals surface area contributed by atoms with Gasteiger partial charge >= 0.3 is 0 Å². The second kappa shape index (κ2) is 4.78. The number of pyridine rings is 1. The van der Waals surface area contributed by atoms with E-state index in [4.69, 9.17) is 0 Å². The largest absolute Gasteiger partial charge is 0.349 e. The van der Waals surface area contributed by atoms with Crippen LogP contribution in [0.15, 0.2) is 30.6 Å². The minimum Gasteiger partial charge on any atom is -0.349 e. The van der Waals surface area contributed by atoms with E-state index in [2.05, 4.69) is 15.6 Å². The van der Waals surface area contributed by atoms with Crippen molar-refractivity contribution in [3.63, 3.8) is 0 Å². The molecule has 1 aliphatic heterocycles. The van der Waals surface area contributed by atoms with E-state index in [1.165, 1.54) is 0 Å². The number of carbonyl (C=O) groups excluding carboxylic acids is 1. The number of carbonyl (C=O) groups is 1. The summed E-state index contributed by atoms with van der Waals surface area (Å²) in [7, 11) is 0. The summed E-state index contributed by atoms with van der Waals surface area (Å²) in [6, 6.07) is 5.83. The van der Waals surface area contributed by atoms with Gasteiger partial charge in [-0.25, -0.2) is 4.98 Å². The normalized spacial score (nSPS) is 19.2. The summed E-state index contributed by atoms with van der Waals surface area (Å²) < 4.78 is 1.95. The molecule has 2 aromatic heterocycles. The fourth-order valence-electron chi connectivity index (χ4n) is 2.28. The van der Waals surface area contributed by atoms with Crippen LogP contribution in [0.5, 0.6) is 0 Å². The Kier molecular flexibility index (Phi) is 2.98. The third-order valence-corrected chi connectivity index (χ3v) is 3.23. The van der Waals surface area contributed by atoms with Gasteiger partial charge in [-0.05, 0) is 31.5 Å². The number of aromatic nitrogens is 2. The molecule has 1 fully saturated rings. The molecule has 0 saturated carbocycles. The Morgan fingerprint density at radius 1 is 1.56 bits per heavy atom. The number of imidazole rings is 1. The fourth-order valence-corrected chi connectivity index (χ4v) is 2.28. The van der Waals surface area contributed by atoms with Gasteiger partial charge in [-0.15, -0.1) is 0 Å². The van der Waals surface area contributed by atoms with Crippen LogP contribution in [0.25, 0.3) is 5.65 Å². The zero-order chi connectivity index (χ0) is 12.4. The molecule has 1 unspecified atom stereocenters. The van der Waals surface area contributed by atoms with Gasteiger partial charge in [0.15, 0.2) is 0 Å². The average molecular weight is 244 g/mol. The lowest BCUT2D eigenvalue weighted by molar-refractivity contribution is -0.122. The Morgan fingerprint density at radius 2 is 2.50 bits per heavy atom. The molecule has 3 rings (SSSR count). The summed E-state index contributed by atoms with van der Waals surface area (Å²) in [5.74, 6) is 0.0737. The second-order valence-corrected chi connectivity index (χ2v) is 4.57. The Bertz CT molecular complexity index is 524. The van der Waals surface area contributed by atoms with E-state index in [9.17, 15) is 4.79 Å². The highest BCUT2D eigenvalue weighted by atomic mass is 16.2. The fraction of sp³-hybridized carbons (Fsp3) is 0.385. The summed E-state index contributed by atoms with van der Waals surface area (Å²) in [4.78, 5) is 16.3. The number of rotatable bonds is 3. The van der Waals surface area contributed by atoms with Gasteiger partial charge in [0, 0.05) is 12.4 Å². The molecule has 1 aliphatic rings. The van der Waals surface area contributed by atoms with Crippen molar-refractivity contribution in [2.24, 2.45) is 0 Å². The Hall–Kier alpha value is -1.88. The van der Waals surface area contributed by atoms with Crippen molar-refractivity contribution in [2.75, 3.05) is 6.54 Å². The maximum Gasteiger partial charge on any atom is 0.237 e. The molecule has 2 aromatic rings. The highest BCUT2D eigenvalue weighted by Crippen LogP contribution is 2.06. The van der Waals surface area contributed by atoms with E-state index in [0.29, 0.717) is 6.54 Å². The first-order valence-electron chi connectivity index (χ1n) is 6.26. The topological polar surface area (TPSA) is 58.4 Å². The smallest absolute Gasteiger partial charge is 0.237 e. The van der Waals surface area contributed by atoms with Crippen LogP contribution in [0, 0.1) is 0 Å². The lowest BCUT2D eigenvalue weighted by atomic mass is 10.2. The van der Waals surface area contributed by atoms with Crippen LogP contribution < -0.4 is 10.6 Å². The van der Waals surface area contributed by atoms with Gasteiger partial charge in [-0.2, -0.15) is 0 Å². The predicted molar refractivity (Wildman–Crippen MR) is 68.1 cm³/mol. The van der Waals surface area contributed by atoms with Gasteiger partial charge < -0.3 is 15.0 Å². The summed E-state index contributed by atoms with van der Waals surface area (Å²) in [5.41, 5.74) is 1.79. The van der Waals surface area contributed by atoms with Gasteiger partial charge in [-0.1, -0.05) is 6.07 Å². The van der Waals surface area contributed by atoms with Crippen molar-refractivity contribution in [3.05, 3.63) is 36.3 Å². The number of fused-ring (bicyclic) bond motifs is 1. The van der Waals surface area contributed by atoms with Crippen LogP contribution in [0.4, 0.5) is 0 Å². The van der Waals surface area contributed by atoms with Gasteiger partial charge in [0.2, 0.25) is 5.91 Å². The van der Waals surface area contributed by atoms with Crippen molar-refractivity contribution in [1.29, 1.82) is 0 Å². The number of nitrogens with zero attached hydrogens (tertiary/aromatic N) is 2. The standard InChI is InChI=1S/C13H16N4O/c18-13(11-4-3-6-14-11)15-8-10-9-17-7-2-1-5-12(17)16-10/h1-2,5,7,9,11,14H,3-4,6,8H2,(H,15,18). The van der Waals surface area contributed by atoms with Crippen molar-refractivity contribution in [2.45, 2.75) is 25.4 Å². The zero-order valence-electron chi connectivity index (χ0n) is 10.1. The van der Waals surface area contributed by atoms with Crippen LogP contribution in [-0.4, -0.2) is 27.9 Å². The molecule has 0 bridgehead atoms. The maximum absolute atomic E-state index is 11.8. The molecule has 2 N–H and O–H groups in total. The molecule has 5 nitrogen and oxygen atoms in total. The number of hydrogen-bond acceptors (Lipinski definition) is 3. The Morgan fingerprint density at radius 3 is 3.28 bits per heavy atom. The van der Waals surface area contributed by atoms with Crippen LogP contribution in [0.2, 0.25) is 0 Å². The van der Waals surface area contributed by atoms with Crippen molar-refractivity contribution in [1.82, 2.24) is 20.0 Å². The quantitative estimate of drug-likeness (QED) is 0.835. The molecule has 5 heteroatoms. The van der Waals surface area contributed by atoms with Gasteiger partial charge in [0.05, 0.1) is 18.3 Å². The molecule has 0 radical (unpaired) electrons. The highest BCUT2D eigenvalue weighted by molar-refractivity contribution is 5.81. The monoisotopic (exact) mass is 244 g/mol. The SMILES string of the molecule is O=C(NCc1cn2ccccc2n1)C1CCCN1. The van der Waals surface area contributed by atoms with Crippen molar-refractivity contribution < 1.29 is 4.79 Å². The van der Waals surface area contributed by atoms with Gasteiger partial charge in [-0.3, -0.25) is 4.79 Å². The van der Waals surface area contributed by atoms with E-state index < -0.39 is 0 Å². The zero-order valence-corrected chi connectivity index (χ0v) is 10.1. The molecular formula is C13H16N4O.